The number of hydrogen-bond donors (Lipinski definition) is 1. The minimum Gasteiger partial charge on any atom is -0.382 e. The number of likely N-dealkylation sites (tertiary alicyclic amines) is 1. The fourth-order valence-electron chi connectivity index (χ4n) is 2.76. The van der Waals surface area contributed by atoms with Crippen LogP contribution in [-0.2, 0) is 23.1 Å². The summed E-state index contributed by atoms with van der Waals surface area (Å²) in [6, 6.07) is 0. The summed E-state index contributed by atoms with van der Waals surface area (Å²) in [4.78, 5) is 18.6. The number of rotatable bonds is 5. The molecule has 0 spiro atoms. The van der Waals surface area contributed by atoms with Crippen molar-refractivity contribution in [2.24, 2.45) is 7.05 Å². The van der Waals surface area contributed by atoms with Crippen LogP contribution in [0.4, 0.5) is 0 Å². The van der Waals surface area contributed by atoms with Crippen LogP contribution in [0, 0.1) is 0 Å². The van der Waals surface area contributed by atoms with E-state index >= 15 is 0 Å². The molecule has 2 heterocycles. The second-order valence-electron chi connectivity index (χ2n) is 4.87. The highest BCUT2D eigenvalue weighted by atomic mass is 16.5. The van der Waals surface area contributed by atoms with Crippen LogP contribution in [0.5, 0.6) is 0 Å². The maximum absolute atomic E-state index is 12.3. The maximum Gasteiger partial charge on any atom is 0.242 e. The molecule has 0 radical (unpaired) electrons. The zero-order valence-electron chi connectivity index (χ0n) is 11.7. The molecule has 7 nitrogen and oxygen atoms in total. The van der Waals surface area contributed by atoms with Crippen LogP contribution in [0.2, 0.25) is 0 Å². The van der Waals surface area contributed by atoms with Crippen LogP contribution < -0.4 is 5.32 Å². The van der Waals surface area contributed by atoms with Gasteiger partial charge in [-0.25, -0.2) is 4.98 Å². The Labute approximate surface area is 112 Å². The molecule has 7 heteroatoms. The molecule has 0 aromatic carbocycles. The van der Waals surface area contributed by atoms with E-state index in [0.717, 1.165) is 25.2 Å². The fraction of sp³-hybridized carbons (Fsp3) is 0.750. The summed E-state index contributed by atoms with van der Waals surface area (Å²) in [5, 5.41) is 6.82. The first-order chi connectivity index (χ1) is 9.14. The highest BCUT2D eigenvalue weighted by Crippen LogP contribution is 2.31. The first kappa shape index (κ1) is 14.0. The summed E-state index contributed by atoms with van der Waals surface area (Å²) in [7, 11) is 5.15. The van der Waals surface area contributed by atoms with Gasteiger partial charge < -0.3 is 10.1 Å². The zero-order valence-corrected chi connectivity index (χ0v) is 11.7. The molecule has 1 aromatic rings. The summed E-state index contributed by atoms with van der Waals surface area (Å²) < 4.78 is 7.02. The molecule has 0 aliphatic carbocycles. The molecule has 19 heavy (non-hydrogen) atoms. The van der Waals surface area contributed by atoms with Gasteiger partial charge in [0.15, 0.2) is 0 Å². The number of amides is 1. The van der Waals surface area contributed by atoms with Crippen LogP contribution in [0.25, 0.3) is 0 Å². The average Bonchev–Trinajstić information content (AvgIpc) is 2.98. The lowest BCUT2D eigenvalue weighted by Crippen LogP contribution is -2.57. The smallest absolute Gasteiger partial charge is 0.242 e. The molecule has 1 amide bonds. The maximum atomic E-state index is 12.3. The summed E-state index contributed by atoms with van der Waals surface area (Å²) in [5.74, 6) is 0.861. The number of aryl methyl sites for hydroxylation is 1. The Morgan fingerprint density at radius 2 is 2.42 bits per heavy atom. The molecule has 1 fully saturated rings. The van der Waals surface area contributed by atoms with Crippen molar-refractivity contribution in [3.8, 4) is 0 Å². The van der Waals surface area contributed by atoms with Crippen LogP contribution in [-0.4, -0.2) is 58.4 Å². The highest BCUT2D eigenvalue weighted by molar-refractivity contribution is 5.86. The number of methoxy groups -OCH3 is 1. The monoisotopic (exact) mass is 267 g/mol. The molecule has 1 N–H and O–H groups in total. The molecule has 1 aliphatic rings. The second-order valence-corrected chi connectivity index (χ2v) is 4.87. The van der Waals surface area contributed by atoms with Crippen LogP contribution >= 0.6 is 0 Å². The third-order valence-corrected chi connectivity index (χ3v) is 3.79. The first-order valence-corrected chi connectivity index (χ1v) is 6.43. The van der Waals surface area contributed by atoms with Crippen molar-refractivity contribution in [2.75, 3.05) is 27.3 Å². The third-order valence-electron chi connectivity index (χ3n) is 3.79. The van der Waals surface area contributed by atoms with Gasteiger partial charge in [-0.2, -0.15) is 5.10 Å². The SMILES string of the molecule is CNC(=O)C1(COC)CCCN1Cc1ncnn1C. The van der Waals surface area contributed by atoms with Gasteiger partial charge in [-0.1, -0.05) is 0 Å². The predicted octanol–water partition coefficient (Wildman–Crippen LogP) is -0.458. The fourth-order valence-corrected chi connectivity index (χ4v) is 2.76. The molecule has 2 rings (SSSR count). The lowest BCUT2D eigenvalue weighted by atomic mass is 9.96. The van der Waals surface area contributed by atoms with Crippen molar-refractivity contribution < 1.29 is 9.53 Å². The van der Waals surface area contributed by atoms with Crippen molar-refractivity contribution >= 4 is 5.91 Å². The van der Waals surface area contributed by atoms with Gasteiger partial charge in [-0.3, -0.25) is 14.4 Å². The minimum atomic E-state index is -0.588. The second kappa shape index (κ2) is 5.66. The number of ether oxygens (including phenoxy) is 1. The Morgan fingerprint density at radius 1 is 1.63 bits per heavy atom. The quantitative estimate of drug-likeness (QED) is 0.782. The van der Waals surface area contributed by atoms with Gasteiger partial charge in [-0.15, -0.1) is 0 Å². The topological polar surface area (TPSA) is 72.3 Å². The van der Waals surface area contributed by atoms with Gasteiger partial charge in [0.2, 0.25) is 5.91 Å². The Bertz CT molecular complexity index is 447. The molecule has 1 atom stereocenters. The molecule has 106 valence electrons. The number of likely N-dealkylation sites (N-methyl/N-ethyl adjacent to an activating group) is 1. The van der Waals surface area contributed by atoms with E-state index in [2.05, 4.69) is 20.3 Å². The van der Waals surface area contributed by atoms with E-state index in [1.165, 1.54) is 6.33 Å². The number of carbonyl (C=O) groups is 1. The molecular formula is C12H21N5O2. The molecule has 1 aromatic heterocycles. The zero-order chi connectivity index (χ0) is 13.9. The molecular weight excluding hydrogens is 246 g/mol. The third kappa shape index (κ3) is 2.48. The molecule has 1 saturated heterocycles. The van der Waals surface area contributed by atoms with E-state index < -0.39 is 5.54 Å². The van der Waals surface area contributed by atoms with Gasteiger partial charge in [0.05, 0.1) is 13.2 Å². The van der Waals surface area contributed by atoms with Gasteiger partial charge in [0, 0.05) is 21.2 Å². The summed E-state index contributed by atoms with van der Waals surface area (Å²) >= 11 is 0. The van der Waals surface area contributed by atoms with E-state index in [1.54, 1.807) is 18.8 Å². The Kier molecular flexibility index (Phi) is 4.16. The summed E-state index contributed by atoms with van der Waals surface area (Å²) in [6.45, 7) is 1.86. The van der Waals surface area contributed by atoms with Crippen molar-refractivity contribution in [3.05, 3.63) is 12.2 Å². The van der Waals surface area contributed by atoms with Crippen molar-refractivity contribution in [1.82, 2.24) is 25.0 Å². The minimum absolute atomic E-state index is 0.00835. The van der Waals surface area contributed by atoms with E-state index in [4.69, 9.17) is 4.74 Å². The Morgan fingerprint density at radius 3 is 3.00 bits per heavy atom. The number of nitrogens with one attached hydrogen (secondary N) is 1. The van der Waals surface area contributed by atoms with E-state index in [-0.39, 0.29) is 5.91 Å². The normalized spacial score (nSPS) is 23.7. The number of nitrogens with zero attached hydrogens (tertiary/aromatic N) is 4. The van der Waals surface area contributed by atoms with Gasteiger partial charge in [0.25, 0.3) is 0 Å². The molecule has 1 unspecified atom stereocenters. The van der Waals surface area contributed by atoms with Crippen LogP contribution in [0.3, 0.4) is 0 Å². The largest absolute Gasteiger partial charge is 0.382 e. The standard InChI is InChI=1S/C12H21N5O2/c1-13-11(18)12(8-19-3)5-4-6-17(12)7-10-14-9-15-16(10)2/h9H,4-8H2,1-3H3,(H,13,18). The average molecular weight is 267 g/mol. The lowest BCUT2D eigenvalue weighted by molar-refractivity contribution is -0.135. The Hall–Kier alpha value is -1.47. The predicted molar refractivity (Wildman–Crippen MR) is 69.3 cm³/mol. The van der Waals surface area contributed by atoms with E-state index in [0.29, 0.717) is 13.2 Å². The van der Waals surface area contributed by atoms with E-state index in [1.807, 2.05) is 7.05 Å². The highest BCUT2D eigenvalue weighted by Gasteiger charge is 2.47. The Balaban J connectivity index is 2.22. The molecule has 0 saturated carbocycles. The van der Waals surface area contributed by atoms with Crippen LogP contribution in [0.15, 0.2) is 6.33 Å². The van der Waals surface area contributed by atoms with Crippen molar-refractivity contribution in [1.29, 1.82) is 0 Å². The number of hydrogen-bond acceptors (Lipinski definition) is 5. The number of carbonyl (C=O) groups excluding carboxylic acids is 1. The van der Waals surface area contributed by atoms with Gasteiger partial charge in [0.1, 0.15) is 17.7 Å². The summed E-state index contributed by atoms with van der Waals surface area (Å²) in [5.41, 5.74) is -0.588. The molecule has 0 bridgehead atoms. The first-order valence-electron chi connectivity index (χ1n) is 6.43. The van der Waals surface area contributed by atoms with Crippen molar-refractivity contribution in [2.45, 2.75) is 24.9 Å². The summed E-state index contributed by atoms with van der Waals surface area (Å²) in [6.07, 6.45) is 3.32. The molecule has 1 aliphatic heterocycles. The van der Waals surface area contributed by atoms with Gasteiger partial charge in [-0.05, 0) is 19.4 Å². The van der Waals surface area contributed by atoms with Gasteiger partial charge >= 0.3 is 0 Å². The lowest BCUT2D eigenvalue weighted by Gasteiger charge is -2.35. The van der Waals surface area contributed by atoms with E-state index in [9.17, 15) is 4.79 Å². The number of aromatic nitrogens is 3. The van der Waals surface area contributed by atoms with Crippen LogP contribution in [0.1, 0.15) is 18.7 Å². The van der Waals surface area contributed by atoms with Crippen molar-refractivity contribution in [3.63, 3.8) is 0 Å².